The normalized spacial score (nSPS) is 12.2. The van der Waals surface area contributed by atoms with E-state index in [1.807, 2.05) is 47.7 Å². The van der Waals surface area contributed by atoms with Crippen LogP contribution in [0.4, 0.5) is 0 Å². The molecule has 32 heavy (non-hydrogen) atoms. The van der Waals surface area contributed by atoms with Gasteiger partial charge in [-0.2, -0.15) is 0 Å². The molecule has 0 unspecified atom stereocenters. The number of aromatic nitrogens is 4. The summed E-state index contributed by atoms with van der Waals surface area (Å²) < 4.78 is 3.37. The Morgan fingerprint density at radius 1 is 1.16 bits per heavy atom. The summed E-state index contributed by atoms with van der Waals surface area (Å²) in [5.41, 5.74) is 1.84. The minimum atomic E-state index is -0.137. The number of nitrogens with one attached hydrogen (secondary N) is 1. The molecule has 0 aliphatic heterocycles. The van der Waals surface area contributed by atoms with Crippen molar-refractivity contribution in [2.75, 3.05) is 5.75 Å². The van der Waals surface area contributed by atoms with Crippen LogP contribution in [0.2, 0.25) is 0 Å². The second-order valence-electron chi connectivity index (χ2n) is 7.62. The number of para-hydroxylation sites is 1. The zero-order valence-electron chi connectivity index (χ0n) is 17.9. The van der Waals surface area contributed by atoms with Gasteiger partial charge in [0.15, 0.2) is 5.16 Å². The summed E-state index contributed by atoms with van der Waals surface area (Å²) in [5, 5.41) is 12.7. The van der Waals surface area contributed by atoms with Crippen molar-refractivity contribution in [1.82, 2.24) is 24.5 Å². The highest BCUT2D eigenvalue weighted by Crippen LogP contribution is 2.21. The molecule has 164 valence electrons. The SMILES string of the molecule is C=CCn1c(=O)c2ccccc2n2c(SCC(=O)N[C@@H](C)CCc3ccccc3)nnc12. The fourth-order valence-electron chi connectivity index (χ4n) is 3.67. The van der Waals surface area contributed by atoms with Crippen LogP contribution in [-0.2, 0) is 17.8 Å². The van der Waals surface area contributed by atoms with E-state index in [9.17, 15) is 9.59 Å². The molecule has 1 amide bonds. The van der Waals surface area contributed by atoms with Gasteiger partial charge in [0.1, 0.15) is 0 Å². The predicted molar refractivity (Wildman–Crippen MR) is 128 cm³/mol. The van der Waals surface area contributed by atoms with Gasteiger partial charge in [-0.15, -0.1) is 16.8 Å². The number of benzene rings is 2. The number of amides is 1. The molecule has 7 nitrogen and oxygen atoms in total. The zero-order chi connectivity index (χ0) is 22.5. The Kier molecular flexibility index (Phi) is 6.70. The van der Waals surface area contributed by atoms with Crippen LogP contribution in [0.1, 0.15) is 18.9 Å². The number of hydrogen-bond acceptors (Lipinski definition) is 5. The third-order valence-corrected chi connectivity index (χ3v) is 6.17. The van der Waals surface area contributed by atoms with E-state index in [4.69, 9.17) is 0 Å². The highest BCUT2D eigenvalue weighted by atomic mass is 32.2. The van der Waals surface area contributed by atoms with Crippen molar-refractivity contribution >= 4 is 34.3 Å². The highest BCUT2D eigenvalue weighted by molar-refractivity contribution is 7.99. The van der Waals surface area contributed by atoms with E-state index in [1.165, 1.54) is 21.9 Å². The molecule has 2 aromatic heterocycles. The number of aryl methyl sites for hydroxylation is 1. The predicted octanol–water partition coefficient (Wildman–Crippen LogP) is 3.46. The van der Waals surface area contributed by atoms with Crippen LogP contribution in [0.15, 0.2) is 77.2 Å². The van der Waals surface area contributed by atoms with Crippen LogP contribution < -0.4 is 10.9 Å². The minimum Gasteiger partial charge on any atom is -0.353 e. The van der Waals surface area contributed by atoms with E-state index in [2.05, 4.69) is 34.2 Å². The van der Waals surface area contributed by atoms with E-state index in [1.54, 1.807) is 12.1 Å². The van der Waals surface area contributed by atoms with Gasteiger partial charge in [-0.1, -0.05) is 60.3 Å². The lowest BCUT2D eigenvalue weighted by molar-refractivity contribution is -0.119. The third kappa shape index (κ3) is 4.60. The molecule has 1 N–H and O–H groups in total. The Morgan fingerprint density at radius 2 is 1.91 bits per heavy atom. The summed E-state index contributed by atoms with van der Waals surface area (Å²) in [4.78, 5) is 25.4. The van der Waals surface area contributed by atoms with Gasteiger partial charge in [-0.25, -0.2) is 0 Å². The molecule has 2 heterocycles. The van der Waals surface area contributed by atoms with Crippen molar-refractivity contribution in [2.24, 2.45) is 0 Å². The number of carbonyl (C=O) groups excluding carboxylic acids is 1. The number of fused-ring (bicyclic) bond motifs is 3. The summed E-state index contributed by atoms with van der Waals surface area (Å²) in [5.74, 6) is 0.592. The number of thioether (sulfide) groups is 1. The van der Waals surface area contributed by atoms with Gasteiger partial charge in [0.2, 0.25) is 11.7 Å². The van der Waals surface area contributed by atoms with Crippen molar-refractivity contribution in [3.8, 4) is 0 Å². The molecule has 0 spiro atoms. The summed E-state index contributed by atoms with van der Waals surface area (Å²) >= 11 is 1.30. The Labute approximate surface area is 190 Å². The second kappa shape index (κ2) is 9.82. The van der Waals surface area contributed by atoms with Crippen LogP contribution in [0.3, 0.4) is 0 Å². The van der Waals surface area contributed by atoms with E-state index in [-0.39, 0.29) is 23.3 Å². The van der Waals surface area contributed by atoms with Gasteiger partial charge >= 0.3 is 0 Å². The lowest BCUT2D eigenvalue weighted by Gasteiger charge is -2.14. The van der Waals surface area contributed by atoms with Gasteiger partial charge in [0, 0.05) is 12.6 Å². The molecular formula is C24H25N5O2S. The molecule has 4 rings (SSSR count). The third-order valence-electron chi connectivity index (χ3n) is 5.24. The first-order chi connectivity index (χ1) is 15.6. The quantitative estimate of drug-likeness (QED) is 0.314. The lowest BCUT2D eigenvalue weighted by Crippen LogP contribution is -2.34. The van der Waals surface area contributed by atoms with Crippen molar-refractivity contribution in [3.05, 3.63) is 83.2 Å². The fraction of sp³-hybridized carbons (Fsp3) is 0.250. The van der Waals surface area contributed by atoms with Crippen molar-refractivity contribution < 1.29 is 4.79 Å². The highest BCUT2D eigenvalue weighted by Gasteiger charge is 2.17. The first-order valence-corrected chi connectivity index (χ1v) is 11.5. The molecule has 0 fully saturated rings. The smallest absolute Gasteiger partial charge is 0.263 e. The number of nitrogens with zero attached hydrogens (tertiary/aromatic N) is 4. The van der Waals surface area contributed by atoms with E-state index >= 15 is 0 Å². The molecular weight excluding hydrogens is 422 g/mol. The van der Waals surface area contributed by atoms with Crippen LogP contribution in [0.5, 0.6) is 0 Å². The average Bonchev–Trinajstić information content (AvgIpc) is 3.24. The van der Waals surface area contributed by atoms with Gasteiger partial charge in [0.05, 0.1) is 16.7 Å². The molecule has 1 atom stereocenters. The lowest BCUT2D eigenvalue weighted by atomic mass is 10.1. The summed E-state index contributed by atoms with van der Waals surface area (Å²) in [6.07, 6.45) is 3.44. The number of hydrogen-bond donors (Lipinski definition) is 1. The summed E-state index contributed by atoms with van der Waals surface area (Å²) in [6.45, 7) is 6.08. The molecule has 2 aromatic carbocycles. The molecule has 4 aromatic rings. The Balaban J connectivity index is 1.48. The summed E-state index contributed by atoms with van der Waals surface area (Å²) in [6, 6.07) is 17.6. The van der Waals surface area contributed by atoms with E-state index in [0.29, 0.717) is 22.9 Å². The van der Waals surface area contributed by atoms with Gasteiger partial charge < -0.3 is 5.32 Å². The zero-order valence-corrected chi connectivity index (χ0v) is 18.7. The fourth-order valence-corrected chi connectivity index (χ4v) is 4.42. The van der Waals surface area contributed by atoms with Gasteiger partial charge in [0.25, 0.3) is 5.56 Å². The first-order valence-electron chi connectivity index (χ1n) is 10.5. The number of carbonyl (C=O) groups is 1. The van der Waals surface area contributed by atoms with Crippen molar-refractivity contribution in [1.29, 1.82) is 0 Å². The maximum absolute atomic E-state index is 12.9. The topological polar surface area (TPSA) is 81.3 Å². The molecule has 0 bridgehead atoms. The Bertz CT molecular complexity index is 1310. The number of rotatable bonds is 9. The Morgan fingerprint density at radius 3 is 2.69 bits per heavy atom. The van der Waals surface area contributed by atoms with Crippen LogP contribution in [0.25, 0.3) is 16.7 Å². The molecule has 0 saturated carbocycles. The average molecular weight is 448 g/mol. The van der Waals surface area contributed by atoms with E-state index < -0.39 is 0 Å². The largest absolute Gasteiger partial charge is 0.353 e. The van der Waals surface area contributed by atoms with Crippen LogP contribution >= 0.6 is 11.8 Å². The maximum Gasteiger partial charge on any atom is 0.263 e. The number of allylic oxidation sites excluding steroid dienone is 1. The molecule has 0 aliphatic carbocycles. The minimum absolute atomic E-state index is 0.0592. The maximum atomic E-state index is 12.9. The van der Waals surface area contributed by atoms with Crippen molar-refractivity contribution in [2.45, 2.75) is 37.5 Å². The standard InChI is InChI=1S/C24H25N5O2S/c1-3-15-28-22(31)19-11-7-8-12-20(19)29-23(28)26-27-24(29)32-16-21(30)25-17(2)13-14-18-9-5-4-6-10-18/h3-12,17H,1,13-16H2,2H3,(H,25,30)/t17-/m0/s1. The summed E-state index contributed by atoms with van der Waals surface area (Å²) in [7, 11) is 0. The van der Waals surface area contributed by atoms with Crippen molar-refractivity contribution in [3.63, 3.8) is 0 Å². The molecule has 8 heteroatoms. The van der Waals surface area contributed by atoms with Gasteiger partial charge in [-0.3, -0.25) is 18.6 Å². The monoisotopic (exact) mass is 447 g/mol. The van der Waals surface area contributed by atoms with Gasteiger partial charge in [-0.05, 0) is 37.5 Å². The van der Waals surface area contributed by atoms with E-state index in [0.717, 1.165) is 18.4 Å². The first kappa shape index (κ1) is 21.8. The van der Waals surface area contributed by atoms with Crippen LogP contribution in [-0.4, -0.2) is 36.9 Å². The van der Waals surface area contributed by atoms with Crippen LogP contribution in [0, 0.1) is 0 Å². The second-order valence-corrected chi connectivity index (χ2v) is 8.56. The Hall–Kier alpha value is -3.39. The molecule has 0 saturated heterocycles. The molecule has 0 radical (unpaired) electrons. The molecule has 0 aliphatic rings.